The number of nitriles is 1. The number of hydrogen-bond acceptors (Lipinski definition) is 6. The lowest BCUT2D eigenvalue weighted by Crippen LogP contribution is -2.52. The number of benzene rings is 2. The summed E-state index contributed by atoms with van der Waals surface area (Å²) in [5, 5.41) is 23.5. The van der Waals surface area contributed by atoms with E-state index in [2.05, 4.69) is 5.32 Å². The first-order valence-corrected chi connectivity index (χ1v) is 10.0. The van der Waals surface area contributed by atoms with Gasteiger partial charge in [0, 0.05) is 31.1 Å². The second kappa shape index (κ2) is 9.60. The molecule has 1 N–H and O–H groups in total. The zero-order valence-electron chi connectivity index (χ0n) is 17.4. The largest absolute Gasteiger partial charge is 0.490 e. The van der Waals surface area contributed by atoms with Gasteiger partial charge in [0.15, 0.2) is 17.2 Å². The predicted molar refractivity (Wildman–Crippen MR) is 112 cm³/mol. The Morgan fingerprint density at radius 2 is 1.97 bits per heavy atom. The highest BCUT2D eigenvalue weighted by Gasteiger charge is 2.33. The Morgan fingerprint density at radius 3 is 2.59 bits per heavy atom. The number of halogens is 2. The average molecular weight is 444 g/mol. The van der Waals surface area contributed by atoms with Crippen LogP contribution in [0.15, 0.2) is 42.5 Å². The Hall–Kier alpha value is -3.74. The summed E-state index contributed by atoms with van der Waals surface area (Å²) in [6, 6.07) is 11.5. The number of carbonyl (C=O) groups excluding carboxylic acids is 1. The van der Waals surface area contributed by atoms with Gasteiger partial charge in [-0.05, 0) is 38.0 Å². The van der Waals surface area contributed by atoms with Gasteiger partial charge in [-0.3, -0.25) is 14.9 Å². The normalized spacial score (nSPS) is 16.0. The van der Waals surface area contributed by atoms with Gasteiger partial charge in [-0.15, -0.1) is 0 Å². The number of nitro benzene ring substituents is 1. The molecule has 10 heteroatoms. The predicted octanol–water partition coefficient (Wildman–Crippen LogP) is 3.57. The fourth-order valence-corrected chi connectivity index (χ4v) is 3.53. The van der Waals surface area contributed by atoms with E-state index >= 15 is 0 Å². The first-order chi connectivity index (χ1) is 15.2. The smallest absolute Gasteiger partial charge is 0.292 e. The molecule has 2 aromatic rings. The minimum atomic E-state index is -1.38. The lowest BCUT2D eigenvalue weighted by atomic mass is 9.93. The molecule has 1 fully saturated rings. The van der Waals surface area contributed by atoms with Crippen molar-refractivity contribution in [3.63, 3.8) is 0 Å². The monoisotopic (exact) mass is 444 g/mol. The molecule has 0 saturated carbocycles. The van der Waals surface area contributed by atoms with Crippen molar-refractivity contribution in [2.45, 2.75) is 25.3 Å². The van der Waals surface area contributed by atoms with E-state index in [0.717, 1.165) is 12.1 Å². The van der Waals surface area contributed by atoms with Crippen LogP contribution in [0.4, 0.5) is 20.2 Å². The number of hydrogen-bond donors (Lipinski definition) is 1. The van der Waals surface area contributed by atoms with Gasteiger partial charge in [-0.2, -0.15) is 5.26 Å². The van der Waals surface area contributed by atoms with Crippen molar-refractivity contribution in [2.24, 2.45) is 5.92 Å². The molecule has 32 heavy (non-hydrogen) atoms. The van der Waals surface area contributed by atoms with E-state index in [-0.39, 0.29) is 29.9 Å². The maximum absolute atomic E-state index is 13.3. The average Bonchev–Trinajstić information content (AvgIpc) is 2.80. The molecule has 1 unspecified atom stereocenters. The molecule has 1 heterocycles. The van der Waals surface area contributed by atoms with Crippen LogP contribution in [0.2, 0.25) is 0 Å². The van der Waals surface area contributed by atoms with Crippen molar-refractivity contribution in [3.8, 4) is 11.8 Å². The lowest BCUT2D eigenvalue weighted by Gasteiger charge is -2.34. The number of nitro groups is 1. The van der Waals surface area contributed by atoms with E-state index in [1.165, 1.54) is 19.1 Å². The van der Waals surface area contributed by atoms with Gasteiger partial charge >= 0.3 is 0 Å². The molecule has 0 radical (unpaired) electrons. The van der Waals surface area contributed by atoms with Crippen molar-refractivity contribution in [3.05, 3.63) is 64.2 Å². The number of carbonyl (C=O) groups is 1. The number of amides is 1. The number of anilines is 1. The quantitative estimate of drug-likeness (QED) is 0.517. The van der Waals surface area contributed by atoms with Crippen molar-refractivity contribution < 1.29 is 23.2 Å². The van der Waals surface area contributed by atoms with Crippen LogP contribution in [0.3, 0.4) is 0 Å². The summed E-state index contributed by atoms with van der Waals surface area (Å²) in [6.07, 6.45) is 0.923. The first-order valence-electron chi connectivity index (χ1n) is 10.0. The summed E-state index contributed by atoms with van der Waals surface area (Å²) in [5.41, 5.74) is -0.850. The van der Waals surface area contributed by atoms with Crippen LogP contribution in [-0.2, 0) is 4.79 Å². The summed E-state index contributed by atoms with van der Waals surface area (Å²) in [6.45, 7) is 2.14. The number of nitrogens with one attached hydrogen (secondary N) is 1. The molecule has 8 nitrogen and oxygen atoms in total. The molecule has 168 valence electrons. The third-order valence-corrected chi connectivity index (χ3v) is 5.35. The van der Waals surface area contributed by atoms with Gasteiger partial charge in [-0.25, -0.2) is 8.78 Å². The second-order valence-electron chi connectivity index (χ2n) is 7.80. The van der Waals surface area contributed by atoms with Gasteiger partial charge in [0.1, 0.15) is 18.0 Å². The Bertz CT molecular complexity index is 1050. The molecule has 2 aromatic carbocycles. The molecule has 3 rings (SSSR count). The Kier molecular flexibility index (Phi) is 6.88. The molecule has 1 aliphatic heterocycles. The van der Waals surface area contributed by atoms with E-state index in [0.29, 0.717) is 31.6 Å². The topological polar surface area (TPSA) is 108 Å². The number of rotatable bonds is 7. The van der Waals surface area contributed by atoms with Crippen LogP contribution < -0.4 is 15.0 Å². The fraction of sp³-hybridized carbons (Fsp3) is 0.364. The van der Waals surface area contributed by atoms with Crippen LogP contribution in [0, 0.1) is 39.0 Å². The standard InChI is InChI=1S/C22H22F2N4O4/c1-22(13-25,14-32-16-6-7-17(23)18(24)12-16)26-21(29)15-8-10-27(11-9-15)19-4-2-3-5-20(19)28(30)31/h2-7,12,15H,8-11,14H2,1H3,(H,26,29). The summed E-state index contributed by atoms with van der Waals surface area (Å²) in [5.74, 6) is -2.75. The molecule has 0 aromatic heterocycles. The van der Waals surface area contributed by atoms with Gasteiger partial charge in [-0.1, -0.05) is 12.1 Å². The summed E-state index contributed by atoms with van der Waals surface area (Å²) in [7, 11) is 0. The van der Waals surface area contributed by atoms with E-state index in [1.54, 1.807) is 18.2 Å². The summed E-state index contributed by atoms with van der Waals surface area (Å²) in [4.78, 5) is 25.4. The van der Waals surface area contributed by atoms with Crippen LogP contribution in [-0.4, -0.2) is 36.1 Å². The van der Waals surface area contributed by atoms with Crippen molar-refractivity contribution in [1.29, 1.82) is 5.26 Å². The van der Waals surface area contributed by atoms with E-state index in [9.17, 15) is 29.0 Å². The Balaban J connectivity index is 1.57. The van der Waals surface area contributed by atoms with E-state index in [1.807, 2.05) is 11.0 Å². The SMILES string of the molecule is CC(C#N)(COc1ccc(F)c(F)c1)NC(=O)C1CCN(c2ccccc2[N+](=O)[O-])CC1. The minimum Gasteiger partial charge on any atom is -0.490 e. The van der Waals surface area contributed by atoms with Crippen molar-refractivity contribution in [1.82, 2.24) is 5.32 Å². The highest BCUT2D eigenvalue weighted by molar-refractivity contribution is 5.80. The van der Waals surface area contributed by atoms with Gasteiger partial charge in [0.05, 0.1) is 11.0 Å². The fourth-order valence-electron chi connectivity index (χ4n) is 3.53. The van der Waals surface area contributed by atoms with Crippen LogP contribution >= 0.6 is 0 Å². The Labute approximate surface area is 183 Å². The highest BCUT2D eigenvalue weighted by Crippen LogP contribution is 2.31. The molecular formula is C22H22F2N4O4. The van der Waals surface area contributed by atoms with Crippen molar-refractivity contribution >= 4 is 17.3 Å². The number of nitrogens with zero attached hydrogens (tertiary/aromatic N) is 3. The summed E-state index contributed by atoms with van der Waals surface area (Å²) >= 11 is 0. The maximum Gasteiger partial charge on any atom is 0.292 e. The molecule has 1 amide bonds. The van der Waals surface area contributed by atoms with Crippen LogP contribution in [0.25, 0.3) is 0 Å². The minimum absolute atomic E-state index is 0.0156. The zero-order chi connectivity index (χ0) is 23.3. The molecular weight excluding hydrogens is 422 g/mol. The molecule has 0 spiro atoms. The Morgan fingerprint density at radius 1 is 1.28 bits per heavy atom. The lowest BCUT2D eigenvalue weighted by molar-refractivity contribution is -0.384. The van der Waals surface area contributed by atoms with E-state index in [4.69, 9.17) is 4.74 Å². The third-order valence-electron chi connectivity index (χ3n) is 5.35. The number of piperidine rings is 1. The first kappa shape index (κ1) is 22.9. The molecule has 1 saturated heterocycles. The van der Waals surface area contributed by atoms with E-state index < -0.39 is 22.1 Å². The summed E-state index contributed by atoms with van der Waals surface area (Å²) < 4.78 is 31.7. The maximum atomic E-state index is 13.3. The molecule has 1 aliphatic rings. The van der Waals surface area contributed by atoms with Gasteiger partial charge in [0.2, 0.25) is 5.91 Å². The number of ether oxygens (including phenoxy) is 1. The molecule has 0 aliphatic carbocycles. The zero-order valence-corrected chi connectivity index (χ0v) is 17.4. The van der Waals surface area contributed by atoms with Crippen LogP contribution in [0.5, 0.6) is 5.75 Å². The van der Waals surface area contributed by atoms with Gasteiger partial charge in [0.25, 0.3) is 5.69 Å². The second-order valence-corrected chi connectivity index (χ2v) is 7.80. The highest BCUT2D eigenvalue weighted by atomic mass is 19.2. The van der Waals surface area contributed by atoms with Crippen molar-refractivity contribution in [2.75, 3.05) is 24.6 Å². The molecule has 1 atom stereocenters. The third kappa shape index (κ3) is 5.29. The van der Waals surface area contributed by atoms with Crippen LogP contribution in [0.1, 0.15) is 19.8 Å². The molecule has 0 bridgehead atoms. The number of para-hydroxylation sites is 2. The van der Waals surface area contributed by atoms with Gasteiger partial charge < -0.3 is 15.0 Å².